The lowest BCUT2D eigenvalue weighted by molar-refractivity contribution is -0.130. The molecule has 1 atom stereocenters. The van der Waals surface area contributed by atoms with Gasteiger partial charge in [-0.2, -0.15) is 0 Å². The van der Waals surface area contributed by atoms with Gasteiger partial charge in [-0.05, 0) is 23.3 Å². The number of aliphatic hydroxyl groups is 1. The van der Waals surface area contributed by atoms with Crippen molar-refractivity contribution in [2.75, 3.05) is 0 Å². The zero-order valence-electron chi connectivity index (χ0n) is 15.6. The lowest BCUT2D eigenvalue weighted by atomic mass is 9.82. The molecule has 2 aromatic rings. The molecular formula is C22H22FNO3. The van der Waals surface area contributed by atoms with E-state index in [0.29, 0.717) is 5.56 Å². The average Bonchev–Trinajstić information content (AvgIpc) is 2.87. The Morgan fingerprint density at radius 3 is 2.22 bits per heavy atom. The van der Waals surface area contributed by atoms with Gasteiger partial charge in [0.05, 0.1) is 11.6 Å². The molecule has 0 aliphatic carbocycles. The summed E-state index contributed by atoms with van der Waals surface area (Å²) in [7, 11) is 0. The van der Waals surface area contributed by atoms with Gasteiger partial charge in [-0.15, -0.1) is 0 Å². The number of carbonyl (C=O) groups is 2. The molecule has 27 heavy (non-hydrogen) atoms. The van der Waals surface area contributed by atoms with Gasteiger partial charge in [-0.3, -0.25) is 9.59 Å². The van der Waals surface area contributed by atoms with Crippen molar-refractivity contribution >= 4 is 11.7 Å². The number of carbonyl (C=O) groups excluding carboxylic acids is 2. The Balaban J connectivity index is 2.09. The van der Waals surface area contributed by atoms with Crippen molar-refractivity contribution in [3.63, 3.8) is 0 Å². The molecular weight excluding hydrogens is 345 g/mol. The second-order valence-corrected chi connectivity index (χ2v) is 7.71. The molecule has 4 nitrogen and oxygen atoms in total. The van der Waals surface area contributed by atoms with Crippen LogP contribution in [0.5, 0.6) is 0 Å². The molecule has 0 aromatic heterocycles. The highest BCUT2D eigenvalue weighted by Gasteiger charge is 2.45. The molecule has 1 N–H and O–H groups in total. The van der Waals surface area contributed by atoms with E-state index in [9.17, 15) is 19.1 Å². The highest BCUT2D eigenvalue weighted by Crippen LogP contribution is 2.41. The largest absolute Gasteiger partial charge is 0.503 e. The van der Waals surface area contributed by atoms with E-state index in [1.165, 1.54) is 17.0 Å². The van der Waals surface area contributed by atoms with Gasteiger partial charge in [0.1, 0.15) is 5.82 Å². The van der Waals surface area contributed by atoms with E-state index in [2.05, 4.69) is 0 Å². The van der Waals surface area contributed by atoms with Gasteiger partial charge in [0, 0.05) is 12.0 Å². The fourth-order valence-corrected chi connectivity index (χ4v) is 3.22. The molecule has 0 saturated carbocycles. The Bertz CT molecular complexity index is 895. The fraction of sp³-hybridized carbons (Fsp3) is 0.273. The second kappa shape index (κ2) is 6.99. The molecule has 1 amide bonds. The number of ketones is 1. The van der Waals surface area contributed by atoms with Crippen LogP contribution >= 0.6 is 0 Å². The van der Waals surface area contributed by atoms with Crippen LogP contribution in [0, 0.1) is 11.2 Å². The summed E-state index contributed by atoms with van der Waals surface area (Å²) in [5.74, 6) is -1.84. The summed E-state index contributed by atoms with van der Waals surface area (Å²) in [6.07, 6.45) is 0. The topological polar surface area (TPSA) is 57.6 Å². The number of benzene rings is 2. The first-order valence-electron chi connectivity index (χ1n) is 8.78. The smallest absolute Gasteiger partial charge is 0.290 e. The van der Waals surface area contributed by atoms with Gasteiger partial charge < -0.3 is 10.0 Å². The summed E-state index contributed by atoms with van der Waals surface area (Å²) < 4.78 is 13.4. The minimum Gasteiger partial charge on any atom is -0.503 e. The molecule has 0 spiro atoms. The minimum absolute atomic E-state index is 0.0649. The van der Waals surface area contributed by atoms with Crippen LogP contribution in [0.25, 0.3) is 0 Å². The van der Waals surface area contributed by atoms with Crippen LogP contribution in [0.3, 0.4) is 0 Å². The molecule has 0 unspecified atom stereocenters. The predicted octanol–water partition coefficient (Wildman–Crippen LogP) is 4.34. The maximum Gasteiger partial charge on any atom is 0.290 e. The molecule has 140 valence electrons. The minimum atomic E-state index is -0.773. The lowest BCUT2D eigenvalue weighted by Crippen LogP contribution is -2.32. The molecule has 3 rings (SSSR count). The highest BCUT2D eigenvalue weighted by atomic mass is 19.1. The van der Waals surface area contributed by atoms with E-state index in [0.717, 1.165) is 5.56 Å². The number of hydrogen-bond donors (Lipinski definition) is 1. The van der Waals surface area contributed by atoms with Crippen molar-refractivity contribution < 1.29 is 19.1 Å². The zero-order chi connectivity index (χ0) is 19.8. The second-order valence-electron chi connectivity index (χ2n) is 7.71. The first-order valence-corrected chi connectivity index (χ1v) is 8.78. The van der Waals surface area contributed by atoms with E-state index < -0.39 is 28.9 Å². The average molecular weight is 367 g/mol. The van der Waals surface area contributed by atoms with Crippen molar-refractivity contribution in [3.8, 4) is 0 Å². The SMILES string of the molecule is CC(C)(C)C(=O)C1=C(O)C(=O)N(Cc2ccccc2)[C@H]1c1ccc(F)cc1. The maximum atomic E-state index is 13.4. The number of rotatable bonds is 4. The molecule has 2 aromatic carbocycles. The summed E-state index contributed by atoms with van der Waals surface area (Å²) in [5.41, 5.74) is 0.743. The normalized spacial score (nSPS) is 17.6. The molecule has 1 heterocycles. The van der Waals surface area contributed by atoms with E-state index in [-0.39, 0.29) is 17.9 Å². The number of amides is 1. The van der Waals surface area contributed by atoms with Gasteiger partial charge in [0.2, 0.25) is 0 Å². The van der Waals surface area contributed by atoms with Gasteiger partial charge in [-0.1, -0.05) is 63.2 Å². The number of Topliss-reactive ketones (excluding diaryl/α,β-unsaturated/α-hetero) is 1. The van der Waals surface area contributed by atoms with Crippen LogP contribution in [-0.2, 0) is 16.1 Å². The summed E-state index contributed by atoms with van der Waals surface area (Å²) in [4.78, 5) is 27.2. The summed E-state index contributed by atoms with van der Waals surface area (Å²) in [6.45, 7) is 5.44. The molecule has 0 saturated heterocycles. The van der Waals surface area contributed by atoms with Crippen molar-refractivity contribution in [3.05, 3.63) is 82.9 Å². The molecule has 5 heteroatoms. The Morgan fingerprint density at radius 2 is 1.67 bits per heavy atom. The van der Waals surface area contributed by atoms with E-state index in [1.807, 2.05) is 30.3 Å². The molecule has 0 fully saturated rings. The first kappa shape index (κ1) is 18.8. The van der Waals surface area contributed by atoms with Crippen molar-refractivity contribution in [1.82, 2.24) is 4.90 Å². The Hall–Kier alpha value is -2.95. The standard InChI is InChI=1S/C22H22FNO3/c1-22(2,3)20(26)17-18(15-9-11-16(23)12-10-15)24(21(27)19(17)25)13-14-7-5-4-6-8-14/h4-12,18,25H,13H2,1-3H3/t18-/m0/s1. The van der Waals surface area contributed by atoms with Crippen molar-refractivity contribution in [2.45, 2.75) is 33.4 Å². The number of hydrogen-bond acceptors (Lipinski definition) is 3. The Labute approximate surface area is 157 Å². The fourth-order valence-electron chi connectivity index (χ4n) is 3.22. The molecule has 1 aliphatic rings. The van der Waals surface area contributed by atoms with Crippen LogP contribution in [0.15, 0.2) is 65.9 Å². The van der Waals surface area contributed by atoms with Crippen LogP contribution in [0.4, 0.5) is 4.39 Å². The van der Waals surface area contributed by atoms with Crippen molar-refractivity contribution in [2.24, 2.45) is 5.41 Å². The van der Waals surface area contributed by atoms with E-state index in [1.54, 1.807) is 32.9 Å². The number of nitrogens with zero attached hydrogens (tertiary/aromatic N) is 1. The predicted molar refractivity (Wildman–Crippen MR) is 100 cm³/mol. The third-order valence-corrected chi connectivity index (χ3v) is 4.61. The van der Waals surface area contributed by atoms with Crippen molar-refractivity contribution in [1.29, 1.82) is 0 Å². The molecule has 0 radical (unpaired) electrons. The maximum absolute atomic E-state index is 13.4. The highest BCUT2D eigenvalue weighted by molar-refractivity contribution is 6.10. The zero-order valence-corrected chi connectivity index (χ0v) is 15.6. The van der Waals surface area contributed by atoms with Crippen LogP contribution in [0.1, 0.15) is 37.9 Å². The summed E-state index contributed by atoms with van der Waals surface area (Å²) in [6, 6.07) is 14.2. The summed E-state index contributed by atoms with van der Waals surface area (Å²) >= 11 is 0. The van der Waals surface area contributed by atoms with Crippen LogP contribution in [-0.4, -0.2) is 21.7 Å². The van der Waals surface area contributed by atoms with Gasteiger partial charge >= 0.3 is 0 Å². The van der Waals surface area contributed by atoms with Crippen LogP contribution in [0.2, 0.25) is 0 Å². The van der Waals surface area contributed by atoms with Gasteiger partial charge in [-0.25, -0.2) is 4.39 Å². The van der Waals surface area contributed by atoms with Gasteiger partial charge in [0.15, 0.2) is 11.5 Å². The third kappa shape index (κ3) is 3.63. The number of aliphatic hydroxyl groups excluding tert-OH is 1. The molecule has 0 bridgehead atoms. The van der Waals surface area contributed by atoms with Gasteiger partial charge in [0.25, 0.3) is 5.91 Å². The van der Waals surface area contributed by atoms with E-state index in [4.69, 9.17) is 0 Å². The Morgan fingerprint density at radius 1 is 1.07 bits per heavy atom. The molecule has 1 aliphatic heterocycles. The number of halogens is 1. The van der Waals surface area contributed by atoms with E-state index >= 15 is 0 Å². The monoisotopic (exact) mass is 367 g/mol. The third-order valence-electron chi connectivity index (χ3n) is 4.61. The quantitative estimate of drug-likeness (QED) is 0.875. The lowest BCUT2D eigenvalue weighted by Gasteiger charge is -2.29. The first-order chi connectivity index (χ1) is 12.7. The van der Waals surface area contributed by atoms with Crippen LogP contribution < -0.4 is 0 Å². The Kier molecular flexibility index (Phi) is 4.87. The summed E-state index contributed by atoms with van der Waals surface area (Å²) in [5, 5.41) is 10.5.